The van der Waals surface area contributed by atoms with Crippen molar-refractivity contribution < 1.29 is 14.3 Å². The molecule has 0 aliphatic carbocycles. The number of aromatic nitrogens is 1. The summed E-state index contributed by atoms with van der Waals surface area (Å²) in [4.78, 5) is 31.1. The number of ether oxygens (including phenoxy) is 1. The van der Waals surface area contributed by atoms with Gasteiger partial charge in [-0.1, -0.05) is 30.3 Å². The normalized spacial score (nSPS) is 15.8. The number of methoxy groups -OCH3 is 1. The number of primary amides is 1. The summed E-state index contributed by atoms with van der Waals surface area (Å²) in [6, 6.07) is 21.0. The molecule has 6 heteroatoms. The van der Waals surface area contributed by atoms with Gasteiger partial charge in [-0.15, -0.1) is 0 Å². The smallest absolute Gasteiger partial charge is 0.248 e. The van der Waals surface area contributed by atoms with Crippen LogP contribution < -0.4 is 10.5 Å². The van der Waals surface area contributed by atoms with Crippen molar-refractivity contribution in [3.63, 3.8) is 0 Å². The van der Waals surface area contributed by atoms with Gasteiger partial charge in [-0.3, -0.25) is 14.6 Å². The summed E-state index contributed by atoms with van der Waals surface area (Å²) in [5.41, 5.74) is 9.74. The molecule has 1 fully saturated rings. The minimum atomic E-state index is -0.442. The lowest BCUT2D eigenvalue weighted by molar-refractivity contribution is -0.132. The van der Waals surface area contributed by atoms with Gasteiger partial charge in [0.2, 0.25) is 11.8 Å². The maximum atomic E-state index is 12.9. The van der Waals surface area contributed by atoms with Gasteiger partial charge in [-0.05, 0) is 61.2 Å². The monoisotopic (exact) mass is 443 g/mol. The van der Waals surface area contributed by atoms with E-state index in [1.54, 1.807) is 19.2 Å². The average molecular weight is 444 g/mol. The van der Waals surface area contributed by atoms with E-state index in [0.29, 0.717) is 18.5 Å². The highest BCUT2D eigenvalue weighted by molar-refractivity contribution is 5.93. The molecule has 1 aromatic heterocycles. The predicted octanol–water partition coefficient (Wildman–Crippen LogP) is 4.19. The van der Waals surface area contributed by atoms with Gasteiger partial charge in [0.15, 0.2) is 0 Å². The fourth-order valence-electron chi connectivity index (χ4n) is 4.29. The number of hydrogen-bond donors (Lipinski definition) is 1. The Hall–Kier alpha value is -3.67. The zero-order chi connectivity index (χ0) is 23.2. The first-order valence-corrected chi connectivity index (χ1v) is 11.3. The summed E-state index contributed by atoms with van der Waals surface area (Å²) in [5.74, 6) is 0.784. The zero-order valence-electron chi connectivity index (χ0n) is 18.9. The molecule has 0 saturated carbocycles. The van der Waals surface area contributed by atoms with E-state index in [-0.39, 0.29) is 11.8 Å². The second-order valence-electron chi connectivity index (χ2n) is 8.42. The topological polar surface area (TPSA) is 85.5 Å². The number of carbonyl (C=O) groups excluding carboxylic acids is 2. The average Bonchev–Trinajstić information content (AvgIpc) is 2.87. The van der Waals surface area contributed by atoms with Crippen molar-refractivity contribution in [2.75, 3.05) is 20.2 Å². The molecule has 2 N–H and O–H groups in total. The van der Waals surface area contributed by atoms with Crippen LogP contribution in [0.5, 0.6) is 5.75 Å². The van der Waals surface area contributed by atoms with E-state index in [2.05, 4.69) is 0 Å². The van der Waals surface area contributed by atoms with E-state index in [4.69, 9.17) is 15.5 Å². The van der Waals surface area contributed by atoms with Crippen molar-refractivity contribution in [3.05, 3.63) is 83.6 Å². The number of aryl methyl sites for hydroxylation is 1. The third-order valence-corrected chi connectivity index (χ3v) is 6.21. The van der Waals surface area contributed by atoms with Crippen LogP contribution in [0.25, 0.3) is 11.3 Å². The second-order valence-corrected chi connectivity index (χ2v) is 8.42. The van der Waals surface area contributed by atoms with Crippen LogP contribution in [0.4, 0.5) is 0 Å². The number of hydrogen-bond acceptors (Lipinski definition) is 4. The van der Waals surface area contributed by atoms with Crippen molar-refractivity contribution in [3.8, 4) is 17.0 Å². The molecule has 170 valence electrons. The lowest BCUT2D eigenvalue weighted by Crippen LogP contribution is -2.39. The molecular weight excluding hydrogens is 414 g/mol. The highest BCUT2D eigenvalue weighted by Crippen LogP contribution is 2.28. The summed E-state index contributed by atoms with van der Waals surface area (Å²) < 4.78 is 5.20. The fourth-order valence-corrected chi connectivity index (χ4v) is 4.29. The number of nitrogens with zero attached hydrogens (tertiary/aromatic N) is 2. The number of likely N-dealkylation sites (tertiary alicyclic amines) is 1. The molecule has 2 amide bonds. The van der Waals surface area contributed by atoms with Gasteiger partial charge >= 0.3 is 0 Å². The van der Waals surface area contributed by atoms with Gasteiger partial charge in [0.25, 0.3) is 0 Å². The van der Waals surface area contributed by atoms with Gasteiger partial charge in [0.1, 0.15) is 5.75 Å². The van der Waals surface area contributed by atoms with Crippen LogP contribution in [0, 0.1) is 0 Å². The lowest BCUT2D eigenvalue weighted by Gasteiger charge is -2.32. The molecular formula is C27H29N3O3. The third kappa shape index (κ3) is 5.58. The Morgan fingerprint density at radius 2 is 1.82 bits per heavy atom. The lowest BCUT2D eigenvalue weighted by atomic mass is 9.93. The Labute approximate surface area is 194 Å². The van der Waals surface area contributed by atoms with E-state index >= 15 is 0 Å². The van der Waals surface area contributed by atoms with Crippen molar-refractivity contribution in [1.82, 2.24) is 9.88 Å². The molecule has 0 spiro atoms. The van der Waals surface area contributed by atoms with Gasteiger partial charge in [-0.2, -0.15) is 0 Å². The Morgan fingerprint density at radius 1 is 1.06 bits per heavy atom. The molecule has 0 bridgehead atoms. The van der Waals surface area contributed by atoms with Crippen LogP contribution in [-0.2, 0) is 11.2 Å². The molecule has 4 rings (SSSR count). The standard InChI is InChI=1S/C27H29N3O3/c1-33-23-14-7-19(8-15-23)9-16-26(31)30-17-3-4-22(18-30)25-6-2-5-24(29-25)20-10-12-21(13-11-20)27(28)32/h2,5-8,10-15,22H,3-4,9,16-18H2,1H3,(H2,28,32)/t22-/m0/s1. The largest absolute Gasteiger partial charge is 0.497 e. The number of carbonyl (C=O) groups is 2. The van der Waals surface area contributed by atoms with E-state index in [1.165, 1.54) is 0 Å². The first kappa shape index (κ1) is 22.5. The van der Waals surface area contributed by atoms with Gasteiger partial charge in [0.05, 0.1) is 12.8 Å². The molecule has 1 aliphatic rings. The Kier molecular flexibility index (Phi) is 7.03. The van der Waals surface area contributed by atoms with Crippen LogP contribution >= 0.6 is 0 Å². The molecule has 3 aromatic rings. The number of benzene rings is 2. The SMILES string of the molecule is COc1ccc(CCC(=O)N2CCC[C@H](c3cccc(-c4ccc(C(N)=O)cc4)n3)C2)cc1. The fraction of sp³-hybridized carbons (Fsp3) is 0.296. The van der Waals surface area contributed by atoms with Gasteiger partial charge in [-0.25, -0.2) is 0 Å². The molecule has 2 heterocycles. The van der Waals surface area contributed by atoms with Crippen LogP contribution in [-0.4, -0.2) is 41.9 Å². The molecule has 2 aromatic carbocycles. The molecule has 33 heavy (non-hydrogen) atoms. The van der Waals surface area contributed by atoms with E-state index in [9.17, 15) is 9.59 Å². The van der Waals surface area contributed by atoms with Crippen molar-refractivity contribution >= 4 is 11.8 Å². The number of pyridine rings is 1. The highest BCUT2D eigenvalue weighted by Gasteiger charge is 2.25. The van der Waals surface area contributed by atoms with Crippen LogP contribution in [0.2, 0.25) is 0 Å². The number of nitrogens with two attached hydrogens (primary N) is 1. The molecule has 1 aliphatic heterocycles. The van der Waals surface area contributed by atoms with Crippen LogP contribution in [0.15, 0.2) is 66.7 Å². The number of rotatable bonds is 7. The minimum absolute atomic E-state index is 0.189. The predicted molar refractivity (Wildman–Crippen MR) is 128 cm³/mol. The number of piperidine rings is 1. The van der Waals surface area contributed by atoms with Crippen molar-refractivity contribution in [2.45, 2.75) is 31.6 Å². The molecule has 1 saturated heterocycles. The summed E-state index contributed by atoms with van der Waals surface area (Å²) in [6.45, 7) is 1.49. The summed E-state index contributed by atoms with van der Waals surface area (Å²) >= 11 is 0. The number of amides is 2. The highest BCUT2D eigenvalue weighted by atomic mass is 16.5. The Balaban J connectivity index is 1.39. The van der Waals surface area contributed by atoms with Crippen molar-refractivity contribution in [2.24, 2.45) is 5.73 Å². The Bertz CT molecular complexity index is 1110. The summed E-state index contributed by atoms with van der Waals surface area (Å²) in [7, 11) is 1.65. The quantitative estimate of drug-likeness (QED) is 0.593. The van der Waals surface area contributed by atoms with Crippen LogP contribution in [0.3, 0.4) is 0 Å². The maximum Gasteiger partial charge on any atom is 0.248 e. The molecule has 6 nitrogen and oxygen atoms in total. The molecule has 1 atom stereocenters. The van der Waals surface area contributed by atoms with E-state index in [1.807, 2.05) is 59.5 Å². The van der Waals surface area contributed by atoms with Gasteiger partial charge in [0, 0.05) is 42.2 Å². The van der Waals surface area contributed by atoms with E-state index in [0.717, 1.165) is 54.1 Å². The van der Waals surface area contributed by atoms with Crippen LogP contribution in [0.1, 0.15) is 46.8 Å². The Morgan fingerprint density at radius 3 is 2.52 bits per heavy atom. The summed E-state index contributed by atoms with van der Waals surface area (Å²) in [6.07, 6.45) is 3.20. The first-order valence-electron chi connectivity index (χ1n) is 11.3. The molecule has 0 radical (unpaired) electrons. The minimum Gasteiger partial charge on any atom is -0.497 e. The molecule has 0 unspecified atom stereocenters. The zero-order valence-corrected chi connectivity index (χ0v) is 18.9. The third-order valence-electron chi connectivity index (χ3n) is 6.21. The first-order chi connectivity index (χ1) is 16.0. The summed E-state index contributed by atoms with van der Waals surface area (Å²) in [5, 5.41) is 0. The second kappa shape index (κ2) is 10.3. The van der Waals surface area contributed by atoms with Crippen molar-refractivity contribution in [1.29, 1.82) is 0 Å². The van der Waals surface area contributed by atoms with E-state index < -0.39 is 5.91 Å². The maximum absolute atomic E-state index is 12.9. The van der Waals surface area contributed by atoms with Gasteiger partial charge < -0.3 is 15.4 Å².